The Morgan fingerprint density at radius 2 is 2.05 bits per heavy atom. The number of fused-ring (bicyclic) bond motifs is 1. The normalized spacial score (nSPS) is 10.3. The molecule has 1 aromatic carbocycles. The van der Waals surface area contributed by atoms with Gasteiger partial charge >= 0.3 is 0 Å². The molecule has 0 spiro atoms. The van der Waals surface area contributed by atoms with E-state index in [0.717, 1.165) is 10.9 Å². The Kier molecular flexibility index (Phi) is 3.02. The summed E-state index contributed by atoms with van der Waals surface area (Å²) in [6.07, 6.45) is 3.36. The largest absolute Gasteiger partial charge is 0.311 e. The molecule has 0 atom stereocenters. The average Bonchev–Trinajstić information content (AvgIpc) is 2.50. The maximum atomic E-state index is 12.4. The summed E-state index contributed by atoms with van der Waals surface area (Å²) in [7, 11) is 0. The van der Waals surface area contributed by atoms with E-state index in [1.54, 1.807) is 23.0 Å². The highest BCUT2D eigenvalue weighted by molar-refractivity contribution is 5.81. The van der Waals surface area contributed by atoms with Gasteiger partial charge in [-0.2, -0.15) is 5.26 Å². The van der Waals surface area contributed by atoms with Gasteiger partial charge in [0.25, 0.3) is 5.56 Å². The third-order valence-corrected chi connectivity index (χ3v) is 3.18. The number of pyridine rings is 2. The number of nitriles is 1. The molecule has 0 amide bonds. The van der Waals surface area contributed by atoms with Gasteiger partial charge in [0.2, 0.25) is 0 Å². The molecule has 0 bridgehead atoms. The van der Waals surface area contributed by atoms with E-state index in [2.05, 4.69) is 4.98 Å². The van der Waals surface area contributed by atoms with Crippen LogP contribution in [-0.4, -0.2) is 9.55 Å². The fourth-order valence-corrected chi connectivity index (χ4v) is 2.18. The molecule has 0 saturated heterocycles. The summed E-state index contributed by atoms with van der Waals surface area (Å²) in [5.74, 6) is 0. The van der Waals surface area contributed by atoms with Gasteiger partial charge in [0, 0.05) is 17.8 Å². The van der Waals surface area contributed by atoms with Crippen molar-refractivity contribution in [2.75, 3.05) is 0 Å². The Hall–Kier alpha value is -2.93. The van der Waals surface area contributed by atoms with Gasteiger partial charge in [-0.3, -0.25) is 4.79 Å². The second-order valence-electron chi connectivity index (χ2n) is 4.50. The van der Waals surface area contributed by atoms with E-state index in [9.17, 15) is 4.79 Å². The zero-order chi connectivity index (χ0) is 13.9. The second kappa shape index (κ2) is 4.98. The molecule has 2 aromatic heterocycles. The molecule has 0 N–H and O–H groups in total. The molecule has 20 heavy (non-hydrogen) atoms. The molecule has 96 valence electrons. The number of hydrogen-bond donors (Lipinski definition) is 0. The van der Waals surface area contributed by atoms with E-state index < -0.39 is 0 Å². The molecule has 3 rings (SSSR count). The van der Waals surface area contributed by atoms with Crippen molar-refractivity contribution < 1.29 is 0 Å². The monoisotopic (exact) mass is 261 g/mol. The van der Waals surface area contributed by atoms with Crippen LogP contribution in [0, 0.1) is 11.3 Å². The van der Waals surface area contributed by atoms with Crippen molar-refractivity contribution in [2.45, 2.75) is 6.54 Å². The molecule has 2 heterocycles. The molecule has 0 aliphatic rings. The molecule has 4 heteroatoms. The fourth-order valence-electron chi connectivity index (χ4n) is 2.18. The van der Waals surface area contributed by atoms with Gasteiger partial charge in [-0.15, -0.1) is 0 Å². The SMILES string of the molecule is N#Cc1cc(Cn2ccc3ccccc3c2=O)ccn1. The lowest BCUT2D eigenvalue weighted by Gasteiger charge is -2.07. The molecule has 0 saturated carbocycles. The molecule has 4 nitrogen and oxygen atoms in total. The van der Waals surface area contributed by atoms with Crippen LogP contribution in [0.2, 0.25) is 0 Å². The molecule has 3 aromatic rings. The summed E-state index contributed by atoms with van der Waals surface area (Å²) in [4.78, 5) is 16.3. The Morgan fingerprint density at radius 1 is 1.20 bits per heavy atom. The van der Waals surface area contributed by atoms with Crippen molar-refractivity contribution in [1.82, 2.24) is 9.55 Å². The van der Waals surface area contributed by atoms with E-state index >= 15 is 0 Å². The number of nitrogens with zero attached hydrogens (tertiary/aromatic N) is 3. The molecule has 0 aliphatic heterocycles. The smallest absolute Gasteiger partial charge is 0.258 e. The highest BCUT2D eigenvalue weighted by Crippen LogP contribution is 2.09. The number of hydrogen-bond acceptors (Lipinski definition) is 3. The minimum atomic E-state index is -0.0292. The van der Waals surface area contributed by atoms with Crippen LogP contribution in [0.3, 0.4) is 0 Å². The van der Waals surface area contributed by atoms with Gasteiger partial charge < -0.3 is 4.57 Å². The Labute approximate surface area is 115 Å². The summed E-state index contributed by atoms with van der Waals surface area (Å²) in [5.41, 5.74) is 1.21. The lowest BCUT2D eigenvalue weighted by Crippen LogP contribution is -2.20. The van der Waals surface area contributed by atoms with E-state index in [1.165, 1.54) is 0 Å². The number of rotatable bonds is 2. The van der Waals surface area contributed by atoms with Crippen molar-refractivity contribution >= 4 is 10.8 Å². The van der Waals surface area contributed by atoms with Gasteiger partial charge in [-0.05, 0) is 35.2 Å². The third-order valence-electron chi connectivity index (χ3n) is 3.18. The molecule has 0 unspecified atom stereocenters. The first-order chi connectivity index (χ1) is 9.78. The highest BCUT2D eigenvalue weighted by Gasteiger charge is 2.03. The first kappa shape index (κ1) is 12.1. The van der Waals surface area contributed by atoms with Crippen molar-refractivity contribution in [3.63, 3.8) is 0 Å². The van der Waals surface area contributed by atoms with E-state index in [1.807, 2.05) is 42.5 Å². The van der Waals surface area contributed by atoms with Crippen LogP contribution in [-0.2, 0) is 6.54 Å². The Balaban J connectivity index is 2.05. The van der Waals surface area contributed by atoms with Gasteiger partial charge in [0.15, 0.2) is 0 Å². The second-order valence-corrected chi connectivity index (χ2v) is 4.50. The van der Waals surface area contributed by atoms with Crippen LogP contribution < -0.4 is 5.56 Å². The molecular weight excluding hydrogens is 250 g/mol. The first-order valence-corrected chi connectivity index (χ1v) is 6.21. The Morgan fingerprint density at radius 3 is 2.90 bits per heavy atom. The van der Waals surface area contributed by atoms with Crippen LogP contribution in [0.5, 0.6) is 0 Å². The highest BCUT2D eigenvalue weighted by atomic mass is 16.1. The van der Waals surface area contributed by atoms with Crippen molar-refractivity contribution in [3.8, 4) is 6.07 Å². The molecule has 0 fully saturated rings. The van der Waals surface area contributed by atoms with E-state index in [-0.39, 0.29) is 5.56 Å². The fraction of sp³-hybridized carbons (Fsp3) is 0.0625. The summed E-state index contributed by atoms with van der Waals surface area (Å²) < 4.78 is 1.64. The number of aromatic nitrogens is 2. The van der Waals surface area contributed by atoms with Crippen LogP contribution in [0.4, 0.5) is 0 Å². The maximum Gasteiger partial charge on any atom is 0.258 e. The minimum Gasteiger partial charge on any atom is -0.311 e. The molecule has 0 radical (unpaired) electrons. The van der Waals surface area contributed by atoms with Gasteiger partial charge in [0.05, 0.1) is 6.54 Å². The zero-order valence-corrected chi connectivity index (χ0v) is 10.7. The van der Waals surface area contributed by atoms with Crippen molar-refractivity contribution in [2.24, 2.45) is 0 Å². The zero-order valence-electron chi connectivity index (χ0n) is 10.7. The lowest BCUT2D eigenvalue weighted by molar-refractivity contribution is 0.766. The minimum absolute atomic E-state index is 0.0292. The summed E-state index contributed by atoms with van der Waals surface area (Å²) in [6.45, 7) is 0.431. The van der Waals surface area contributed by atoms with E-state index in [4.69, 9.17) is 5.26 Å². The third kappa shape index (κ3) is 2.17. The lowest BCUT2D eigenvalue weighted by atomic mass is 10.1. The van der Waals surface area contributed by atoms with Crippen LogP contribution >= 0.6 is 0 Å². The van der Waals surface area contributed by atoms with Gasteiger partial charge in [0.1, 0.15) is 11.8 Å². The van der Waals surface area contributed by atoms with Crippen LogP contribution in [0.15, 0.2) is 59.7 Å². The predicted molar refractivity (Wildman–Crippen MR) is 76.3 cm³/mol. The number of benzene rings is 1. The van der Waals surface area contributed by atoms with Crippen LogP contribution in [0.25, 0.3) is 10.8 Å². The van der Waals surface area contributed by atoms with Crippen LogP contribution in [0.1, 0.15) is 11.3 Å². The Bertz CT molecular complexity index is 875. The molecule has 0 aliphatic carbocycles. The van der Waals surface area contributed by atoms with E-state index in [0.29, 0.717) is 17.6 Å². The summed E-state index contributed by atoms with van der Waals surface area (Å²) in [5, 5.41) is 10.5. The van der Waals surface area contributed by atoms with Gasteiger partial charge in [-0.1, -0.05) is 18.2 Å². The summed E-state index contributed by atoms with van der Waals surface area (Å²) >= 11 is 0. The maximum absolute atomic E-state index is 12.4. The topological polar surface area (TPSA) is 58.7 Å². The first-order valence-electron chi connectivity index (χ1n) is 6.21. The summed E-state index contributed by atoms with van der Waals surface area (Å²) in [6, 6.07) is 14.9. The van der Waals surface area contributed by atoms with Gasteiger partial charge in [-0.25, -0.2) is 4.98 Å². The van der Waals surface area contributed by atoms with Crippen molar-refractivity contribution in [3.05, 3.63) is 76.5 Å². The average molecular weight is 261 g/mol. The predicted octanol–water partition coefficient (Wildman–Crippen LogP) is 2.32. The molecular formula is C16H11N3O. The van der Waals surface area contributed by atoms with Crippen molar-refractivity contribution in [1.29, 1.82) is 5.26 Å². The standard InChI is InChI=1S/C16H11N3O/c17-10-14-9-12(5-7-18-14)11-19-8-6-13-3-1-2-4-15(13)16(19)20/h1-9H,11H2. The quantitative estimate of drug-likeness (QED) is 0.711.